The number of amides is 2. The fraction of sp³-hybridized carbons (Fsp3) is 0.391. The number of sulfonamides is 1. The van der Waals surface area contributed by atoms with E-state index in [4.69, 9.17) is 34.8 Å². The van der Waals surface area contributed by atoms with Crippen molar-refractivity contribution >= 4 is 62.3 Å². The summed E-state index contributed by atoms with van der Waals surface area (Å²) in [5, 5.41) is 3.79. The van der Waals surface area contributed by atoms with E-state index in [0.717, 1.165) is 16.1 Å². The third-order valence-corrected chi connectivity index (χ3v) is 6.71. The summed E-state index contributed by atoms with van der Waals surface area (Å²) in [5.74, 6) is -0.951. The predicted octanol–water partition coefficient (Wildman–Crippen LogP) is 4.74. The molecule has 2 aromatic rings. The van der Waals surface area contributed by atoms with Gasteiger partial charge in [-0.3, -0.25) is 13.9 Å². The van der Waals surface area contributed by atoms with Crippen LogP contribution in [0.1, 0.15) is 33.3 Å². The minimum absolute atomic E-state index is 0.0701. The lowest BCUT2D eigenvalue weighted by molar-refractivity contribution is -0.140. The monoisotopic (exact) mass is 547 g/mol. The summed E-state index contributed by atoms with van der Waals surface area (Å²) in [4.78, 5) is 27.7. The zero-order valence-corrected chi connectivity index (χ0v) is 22.7. The lowest BCUT2D eigenvalue weighted by Crippen LogP contribution is -2.54. The largest absolute Gasteiger partial charge is 0.350 e. The summed E-state index contributed by atoms with van der Waals surface area (Å²) in [7, 11) is -3.89. The first-order chi connectivity index (χ1) is 15.6. The summed E-state index contributed by atoms with van der Waals surface area (Å²) >= 11 is 18.1. The van der Waals surface area contributed by atoms with E-state index >= 15 is 0 Å². The van der Waals surface area contributed by atoms with Crippen LogP contribution in [0.3, 0.4) is 0 Å². The average Bonchev–Trinajstić information content (AvgIpc) is 2.69. The molecule has 0 aliphatic heterocycles. The number of carbonyl (C=O) groups is 2. The number of rotatable bonds is 8. The van der Waals surface area contributed by atoms with Gasteiger partial charge in [-0.15, -0.1) is 0 Å². The van der Waals surface area contributed by atoms with E-state index in [1.165, 1.54) is 23.1 Å². The van der Waals surface area contributed by atoms with Crippen molar-refractivity contribution in [1.82, 2.24) is 10.2 Å². The number of benzene rings is 2. The molecule has 0 bridgehead atoms. The van der Waals surface area contributed by atoms with E-state index in [9.17, 15) is 18.0 Å². The van der Waals surface area contributed by atoms with Crippen molar-refractivity contribution in [1.29, 1.82) is 0 Å². The Kier molecular flexibility index (Phi) is 9.27. The van der Waals surface area contributed by atoms with Crippen LogP contribution in [0.4, 0.5) is 5.69 Å². The van der Waals surface area contributed by atoms with Gasteiger partial charge in [-0.25, -0.2) is 8.42 Å². The van der Waals surface area contributed by atoms with Crippen molar-refractivity contribution in [3.05, 3.63) is 63.1 Å². The number of nitrogens with one attached hydrogen (secondary N) is 1. The van der Waals surface area contributed by atoms with Crippen LogP contribution in [0.15, 0.2) is 42.5 Å². The minimum atomic E-state index is -3.89. The average molecular weight is 549 g/mol. The van der Waals surface area contributed by atoms with Gasteiger partial charge in [0, 0.05) is 22.1 Å². The molecule has 0 saturated carbocycles. The molecular formula is C23H28Cl3N3O4S. The molecule has 2 aromatic carbocycles. The second-order valence-corrected chi connectivity index (χ2v) is 12.1. The molecule has 0 radical (unpaired) electrons. The molecule has 11 heteroatoms. The first-order valence-corrected chi connectivity index (χ1v) is 13.4. The lowest BCUT2D eigenvalue weighted by atomic mass is 10.1. The molecule has 0 saturated heterocycles. The van der Waals surface area contributed by atoms with E-state index in [2.05, 4.69) is 5.32 Å². The van der Waals surface area contributed by atoms with Gasteiger partial charge < -0.3 is 10.2 Å². The van der Waals surface area contributed by atoms with Crippen molar-refractivity contribution in [3.8, 4) is 0 Å². The Hall–Kier alpha value is -2.00. The van der Waals surface area contributed by atoms with Crippen LogP contribution in [0.2, 0.25) is 15.1 Å². The highest BCUT2D eigenvalue weighted by atomic mass is 35.5. The SMILES string of the molecule is CC(C(=O)NC(C)(C)C)N(Cc1ccc(Cl)cc1)C(=O)CN(c1ccc(Cl)cc1Cl)S(C)(=O)=O. The van der Waals surface area contributed by atoms with Gasteiger partial charge >= 0.3 is 0 Å². The van der Waals surface area contributed by atoms with E-state index in [1.807, 2.05) is 20.8 Å². The molecule has 1 atom stereocenters. The molecule has 0 fully saturated rings. The maximum atomic E-state index is 13.5. The molecule has 34 heavy (non-hydrogen) atoms. The molecule has 0 aliphatic rings. The standard InChI is InChI=1S/C23H28Cl3N3O4S/c1-15(22(31)27-23(2,3)4)28(13-16-6-8-17(24)9-7-16)21(30)14-29(34(5,32)33)20-11-10-18(25)12-19(20)26/h6-12,15H,13-14H2,1-5H3,(H,27,31). The van der Waals surface area contributed by atoms with Gasteiger partial charge in [0.2, 0.25) is 21.8 Å². The number of carbonyl (C=O) groups excluding carboxylic acids is 2. The van der Waals surface area contributed by atoms with Crippen LogP contribution in [-0.2, 0) is 26.2 Å². The van der Waals surface area contributed by atoms with Crippen LogP contribution < -0.4 is 9.62 Å². The Morgan fingerprint density at radius 2 is 1.56 bits per heavy atom. The third-order valence-electron chi connectivity index (χ3n) is 4.79. The van der Waals surface area contributed by atoms with Crippen molar-refractivity contribution in [3.63, 3.8) is 0 Å². The summed E-state index contributed by atoms with van der Waals surface area (Å²) < 4.78 is 26.1. The first kappa shape index (κ1) is 28.2. The second-order valence-electron chi connectivity index (χ2n) is 8.93. The molecule has 0 heterocycles. The summed E-state index contributed by atoms with van der Waals surface area (Å²) in [6.07, 6.45) is 0.977. The van der Waals surface area contributed by atoms with Gasteiger partial charge in [0.25, 0.3) is 0 Å². The lowest BCUT2D eigenvalue weighted by Gasteiger charge is -2.33. The highest BCUT2D eigenvalue weighted by Gasteiger charge is 2.32. The van der Waals surface area contributed by atoms with Gasteiger partial charge in [-0.05, 0) is 63.6 Å². The number of hydrogen-bond donors (Lipinski definition) is 1. The molecule has 1 N–H and O–H groups in total. The van der Waals surface area contributed by atoms with Gasteiger partial charge in [-0.1, -0.05) is 46.9 Å². The Morgan fingerprint density at radius 3 is 2.06 bits per heavy atom. The normalized spacial score (nSPS) is 12.7. The van der Waals surface area contributed by atoms with Crippen LogP contribution >= 0.6 is 34.8 Å². The van der Waals surface area contributed by atoms with E-state index in [0.29, 0.717) is 10.0 Å². The fourth-order valence-corrected chi connectivity index (χ4v) is 4.67. The first-order valence-electron chi connectivity index (χ1n) is 10.4. The molecule has 2 amide bonds. The smallest absolute Gasteiger partial charge is 0.244 e. The van der Waals surface area contributed by atoms with E-state index in [1.54, 1.807) is 31.2 Å². The number of nitrogens with zero attached hydrogens (tertiary/aromatic N) is 2. The molecular weight excluding hydrogens is 521 g/mol. The maximum Gasteiger partial charge on any atom is 0.244 e. The summed E-state index contributed by atoms with van der Waals surface area (Å²) in [6, 6.07) is 10.2. The van der Waals surface area contributed by atoms with Gasteiger partial charge in [0.05, 0.1) is 17.0 Å². The second kappa shape index (κ2) is 11.2. The predicted molar refractivity (Wildman–Crippen MR) is 138 cm³/mol. The highest BCUT2D eigenvalue weighted by Crippen LogP contribution is 2.30. The van der Waals surface area contributed by atoms with Crippen LogP contribution in [0.5, 0.6) is 0 Å². The van der Waals surface area contributed by atoms with E-state index < -0.39 is 34.1 Å². The van der Waals surface area contributed by atoms with Crippen molar-refractivity contribution in [2.75, 3.05) is 17.1 Å². The number of hydrogen-bond acceptors (Lipinski definition) is 4. The van der Waals surface area contributed by atoms with Crippen molar-refractivity contribution < 1.29 is 18.0 Å². The summed E-state index contributed by atoms with van der Waals surface area (Å²) in [5.41, 5.74) is 0.319. The Bertz CT molecular complexity index is 1150. The number of anilines is 1. The zero-order chi connectivity index (χ0) is 25.8. The molecule has 0 spiro atoms. The van der Waals surface area contributed by atoms with Crippen molar-refractivity contribution in [2.45, 2.75) is 45.8 Å². The minimum Gasteiger partial charge on any atom is -0.350 e. The summed E-state index contributed by atoms with van der Waals surface area (Å²) in [6.45, 7) is 6.60. The van der Waals surface area contributed by atoms with Gasteiger partial charge in [0.1, 0.15) is 12.6 Å². The van der Waals surface area contributed by atoms with Crippen LogP contribution in [-0.4, -0.2) is 49.5 Å². The van der Waals surface area contributed by atoms with Gasteiger partial charge in [-0.2, -0.15) is 0 Å². The zero-order valence-electron chi connectivity index (χ0n) is 19.6. The Morgan fingerprint density at radius 1 is 1.00 bits per heavy atom. The van der Waals surface area contributed by atoms with Crippen LogP contribution in [0.25, 0.3) is 0 Å². The molecule has 0 aliphatic carbocycles. The van der Waals surface area contributed by atoms with Gasteiger partial charge in [0.15, 0.2) is 0 Å². The molecule has 186 valence electrons. The van der Waals surface area contributed by atoms with Crippen LogP contribution in [0, 0.1) is 0 Å². The Balaban J connectivity index is 2.43. The van der Waals surface area contributed by atoms with E-state index in [-0.39, 0.29) is 23.2 Å². The maximum absolute atomic E-state index is 13.5. The topological polar surface area (TPSA) is 86.8 Å². The molecule has 0 aromatic heterocycles. The molecule has 2 rings (SSSR count). The fourth-order valence-electron chi connectivity index (χ4n) is 3.12. The third kappa shape index (κ3) is 8.05. The molecule has 7 nitrogen and oxygen atoms in total. The number of halogens is 3. The van der Waals surface area contributed by atoms with Crippen molar-refractivity contribution in [2.24, 2.45) is 0 Å². The molecule has 1 unspecified atom stereocenters. The highest BCUT2D eigenvalue weighted by molar-refractivity contribution is 7.92. The quantitative estimate of drug-likeness (QED) is 0.516. The Labute approximate surface area is 216 Å².